The van der Waals surface area contributed by atoms with E-state index in [1.165, 1.54) is 32.1 Å². The second-order valence-corrected chi connectivity index (χ2v) is 5.02. The Balaban J connectivity index is 3.23. The molecule has 0 aliphatic carbocycles. The highest BCUT2D eigenvalue weighted by Gasteiger charge is 1.98. The molecular weight excluding hydrogens is 220 g/mol. The van der Waals surface area contributed by atoms with Crippen molar-refractivity contribution in [2.24, 2.45) is 0 Å². The van der Waals surface area contributed by atoms with Gasteiger partial charge in [0.25, 0.3) is 0 Å². The number of unbranched alkanes of at least 4 members (excludes halogenated alkanes) is 5. The Morgan fingerprint density at radius 3 is 2.00 bits per heavy atom. The average molecular weight is 252 g/mol. The van der Waals surface area contributed by atoms with Gasteiger partial charge in [-0.15, -0.1) is 0 Å². The number of aliphatic hydroxyl groups excluding tert-OH is 1. The molecule has 106 valence electrons. The van der Waals surface area contributed by atoms with E-state index < -0.39 is 0 Å². The lowest BCUT2D eigenvalue weighted by Gasteiger charge is -2.05. The Kier molecular flexibility index (Phi) is 14.0. The van der Waals surface area contributed by atoms with Gasteiger partial charge in [-0.1, -0.05) is 57.4 Å². The predicted octanol–water partition coefficient (Wildman–Crippen LogP) is 5.40. The van der Waals surface area contributed by atoms with Crippen molar-refractivity contribution < 1.29 is 5.11 Å². The van der Waals surface area contributed by atoms with E-state index in [9.17, 15) is 5.11 Å². The van der Waals surface area contributed by atoms with E-state index in [1.807, 2.05) is 6.92 Å². The topological polar surface area (TPSA) is 20.2 Å². The lowest BCUT2D eigenvalue weighted by Crippen LogP contribution is -2.02. The monoisotopic (exact) mass is 252 g/mol. The van der Waals surface area contributed by atoms with Crippen molar-refractivity contribution in [3.63, 3.8) is 0 Å². The molecule has 1 heteroatoms. The fourth-order valence-electron chi connectivity index (χ4n) is 1.87. The van der Waals surface area contributed by atoms with Gasteiger partial charge in [-0.3, -0.25) is 0 Å². The largest absolute Gasteiger partial charge is 0.393 e. The van der Waals surface area contributed by atoms with Gasteiger partial charge >= 0.3 is 0 Å². The van der Waals surface area contributed by atoms with Crippen LogP contribution >= 0.6 is 0 Å². The molecule has 0 aromatic rings. The van der Waals surface area contributed by atoms with Crippen molar-refractivity contribution in [2.45, 2.75) is 84.2 Å². The third kappa shape index (κ3) is 13.5. The van der Waals surface area contributed by atoms with E-state index in [4.69, 9.17) is 0 Å². The molecule has 0 fully saturated rings. The zero-order valence-electron chi connectivity index (χ0n) is 12.4. The number of allylic oxidation sites excluding steroid dienone is 4. The lowest BCUT2D eigenvalue weighted by molar-refractivity contribution is 0.157. The van der Waals surface area contributed by atoms with Crippen LogP contribution in [0.2, 0.25) is 0 Å². The third-order valence-corrected chi connectivity index (χ3v) is 3.21. The summed E-state index contributed by atoms with van der Waals surface area (Å²) in [5, 5.41) is 9.39. The molecule has 18 heavy (non-hydrogen) atoms. The van der Waals surface area contributed by atoms with E-state index in [-0.39, 0.29) is 6.10 Å². The van der Waals surface area contributed by atoms with Crippen LogP contribution in [0.1, 0.15) is 78.1 Å². The molecule has 0 heterocycles. The van der Waals surface area contributed by atoms with Crippen LogP contribution in [-0.4, -0.2) is 11.2 Å². The van der Waals surface area contributed by atoms with Crippen molar-refractivity contribution >= 4 is 0 Å². The van der Waals surface area contributed by atoms with Gasteiger partial charge in [-0.2, -0.15) is 0 Å². The molecule has 0 spiro atoms. The Bertz CT molecular complexity index is 206. The Morgan fingerprint density at radius 1 is 0.833 bits per heavy atom. The van der Waals surface area contributed by atoms with Crippen LogP contribution in [0.4, 0.5) is 0 Å². The SMILES string of the molecule is CCCCC/C=C\C/C=C\CCCCC(O)CC. The van der Waals surface area contributed by atoms with Crippen molar-refractivity contribution in [3.05, 3.63) is 24.3 Å². The molecule has 0 rings (SSSR count). The van der Waals surface area contributed by atoms with Gasteiger partial charge in [0, 0.05) is 0 Å². The summed E-state index contributed by atoms with van der Waals surface area (Å²) < 4.78 is 0. The number of hydrogen-bond acceptors (Lipinski definition) is 1. The molecule has 0 amide bonds. The predicted molar refractivity (Wildman–Crippen MR) is 81.8 cm³/mol. The Hall–Kier alpha value is -0.560. The van der Waals surface area contributed by atoms with Gasteiger partial charge in [0.2, 0.25) is 0 Å². The van der Waals surface area contributed by atoms with Gasteiger partial charge in [0.15, 0.2) is 0 Å². The first kappa shape index (κ1) is 17.4. The smallest absolute Gasteiger partial charge is 0.0537 e. The van der Waals surface area contributed by atoms with E-state index >= 15 is 0 Å². The first-order valence-corrected chi connectivity index (χ1v) is 7.79. The van der Waals surface area contributed by atoms with Crippen molar-refractivity contribution in [3.8, 4) is 0 Å². The molecule has 0 bridgehead atoms. The second kappa shape index (κ2) is 14.5. The summed E-state index contributed by atoms with van der Waals surface area (Å²) in [6.07, 6.45) is 20.7. The summed E-state index contributed by atoms with van der Waals surface area (Å²) in [6, 6.07) is 0. The molecule has 0 aromatic carbocycles. The van der Waals surface area contributed by atoms with Gasteiger partial charge in [0.05, 0.1) is 6.10 Å². The van der Waals surface area contributed by atoms with Crippen LogP contribution in [-0.2, 0) is 0 Å². The van der Waals surface area contributed by atoms with Crippen LogP contribution in [0.5, 0.6) is 0 Å². The summed E-state index contributed by atoms with van der Waals surface area (Å²) in [6.45, 7) is 4.28. The summed E-state index contributed by atoms with van der Waals surface area (Å²) in [5.74, 6) is 0. The summed E-state index contributed by atoms with van der Waals surface area (Å²) in [4.78, 5) is 0. The zero-order chi connectivity index (χ0) is 13.5. The van der Waals surface area contributed by atoms with Crippen LogP contribution in [0, 0.1) is 0 Å². The van der Waals surface area contributed by atoms with E-state index in [0.29, 0.717) is 0 Å². The Morgan fingerprint density at radius 2 is 1.44 bits per heavy atom. The molecule has 0 radical (unpaired) electrons. The number of aliphatic hydroxyl groups is 1. The second-order valence-electron chi connectivity index (χ2n) is 5.02. The molecule has 0 aliphatic rings. The minimum atomic E-state index is -0.0833. The first-order valence-electron chi connectivity index (χ1n) is 7.79. The highest BCUT2D eigenvalue weighted by atomic mass is 16.3. The van der Waals surface area contributed by atoms with Gasteiger partial charge in [-0.05, 0) is 44.9 Å². The molecule has 1 nitrogen and oxygen atoms in total. The maximum Gasteiger partial charge on any atom is 0.0537 e. The first-order chi connectivity index (χ1) is 8.81. The summed E-state index contributed by atoms with van der Waals surface area (Å²) >= 11 is 0. The molecule has 0 saturated heterocycles. The van der Waals surface area contributed by atoms with E-state index in [0.717, 1.165) is 32.1 Å². The maximum atomic E-state index is 9.39. The molecular formula is C17H32O. The normalized spacial score (nSPS) is 13.7. The number of rotatable bonds is 12. The highest BCUT2D eigenvalue weighted by molar-refractivity contribution is 4.92. The third-order valence-electron chi connectivity index (χ3n) is 3.21. The minimum absolute atomic E-state index is 0.0833. The molecule has 0 saturated carbocycles. The highest BCUT2D eigenvalue weighted by Crippen LogP contribution is 2.07. The van der Waals surface area contributed by atoms with Crippen LogP contribution < -0.4 is 0 Å². The van der Waals surface area contributed by atoms with E-state index in [1.54, 1.807) is 0 Å². The zero-order valence-corrected chi connectivity index (χ0v) is 12.4. The molecule has 0 aliphatic heterocycles. The van der Waals surface area contributed by atoms with Crippen molar-refractivity contribution in [1.29, 1.82) is 0 Å². The maximum absolute atomic E-state index is 9.39. The quantitative estimate of drug-likeness (QED) is 0.364. The van der Waals surface area contributed by atoms with Crippen molar-refractivity contribution in [1.82, 2.24) is 0 Å². The van der Waals surface area contributed by atoms with Gasteiger partial charge in [0.1, 0.15) is 0 Å². The average Bonchev–Trinajstić information content (AvgIpc) is 2.39. The Labute approximate surface area is 114 Å². The summed E-state index contributed by atoms with van der Waals surface area (Å²) in [5.41, 5.74) is 0. The van der Waals surface area contributed by atoms with Crippen LogP contribution in [0.15, 0.2) is 24.3 Å². The van der Waals surface area contributed by atoms with Crippen LogP contribution in [0.3, 0.4) is 0 Å². The van der Waals surface area contributed by atoms with E-state index in [2.05, 4.69) is 31.2 Å². The fraction of sp³-hybridized carbons (Fsp3) is 0.765. The fourth-order valence-corrected chi connectivity index (χ4v) is 1.87. The molecule has 1 N–H and O–H groups in total. The van der Waals surface area contributed by atoms with Gasteiger partial charge < -0.3 is 5.11 Å². The summed E-state index contributed by atoms with van der Waals surface area (Å²) in [7, 11) is 0. The van der Waals surface area contributed by atoms with Crippen molar-refractivity contribution in [2.75, 3.05) is 0 Å². The molecule has 1 unspecified atom stereocenters. The minimum Gasteiger partial charge on any atom is -0.393 e. The molecule has 1 atom stereocenters. The van der Waals surface area contributed by atoms with Gasteiger partial charge in [-0.25, -0.2) is 0 Å². The lowest BCUT2D eigenvalue weighted by atomic mass is 10.1. The molecule has 0 aromatic heterocycles. The standard InChI is InChI=1S/C17H32O/c1-3-5-6-7-8-9-10-11-12-13-14-15-16-17(18)4-2/h8-9,11-12,17-18H,3-7,10,13-16H2,1-2H3/b9-8-,12-11-. The van der Waals surface area contributed by atoms with Crippen LogP contribution in [0.25, 0.3) is 0 Å². The number of hydrogen-bond donors (Lipinski definition) is 1.